The summed E-state index contributed by atoms with van der Waals surface area (Å²) in [7, 11) is 0. The molecule has 2 aliphatic rings. The Bertz CT molecular complexity index is 950. The van der Waals surface area contributed by atoms with Crippen LogP contribution in [-0.2, 0) is 9.59 Å². The van der Waals surface area contributed by atoms with E-state index in [0.29, 0.717) is 33.1 Å². The van der Waals surface area contributed by atoms with Crippen molar-refractivity contribution in [1.82, 2.24) is 0 Å². The average molecular weight is 404 g/mol. The van der Waals surface area contributed by atoms with E-state index in [1.807, 2.05) is 0 Å². The SMILES string of the molecule is O=C(CSC1=NCC(=O)N1c1ccccc1Cl)Nc1ccc2c(c1)OCO2. The predicted octanol–water partition coefficient (Wildman–Crippen LogP) is 3.14. The van der Waals surface area contributed by atoms with E-state index in [0.717, 1.165) is 0 Å². The summed E-state index contributed by atoms with van der Waals surface area (Å²) in [5, 5.41) is 3.70. The second-order valence-corrected chi connectivity index (χ2v) is 7.03. The molecule has 2 aromatic carbocycles. The zero-order valence-corrected chi connectivity index (χ0v) is 15.5. The second kappa shape index (κ2) is 7.50. The maximum Gasteiger partial charge on any atom is 0.254 e. The van der Waals surface area contributed by atoms with Crippen LogP contribution in [0.15, 0.2) is 47.5 Å². The molecule has 0 bridgehead atoms. The number of aliphatic imine (C=N–C) groups is 1. The molecular formula is C18H14ClN3O4S. The maximum atomic E-state index is 12.3. The number of hydrogen-bond acceptors (Lipinski definition) is 6. The van der Waals surface area contributed by atoms with Crippen LogP contribution in [0.1, 0.15) is 0 Å². The molecule has 27 heavy (non-hydrogen) atoms. The van der Waals surface area contributed by atoms with Crippen molar-refractivity contribution < 1.29 is 19.1 Å². The molecule has 0 spiro atoms. The smallest absolute Gasteiger partial charge is 0.254 e. The highest BCUT2D eigenvalue weighted by molar-refractivity contribution is 8.14. The summed E-state index contributed by atoms with van der Waals surface area (Å²) >= 11 is 7.37. The van der Waals surface area contributed by atoms with Crippen LogP contribution in [0, 0.1) is 0 Å². The molecule has 0 saturated heterocycles. The van der Waals surface area contributed by atoms with Gasteiger partial charge in [0.15, 0.2) is 16.7 Å². The Morgan fingerprint density at radius 2 is 2.04 bits per heavy atom. The number of para-hydroxylation sites is 1. The summed E-state index contributed by atoms with van der Waals surface area (Å²) in [6.07, 6.45) is 0. The summed E-state index contributed by atoms with van der Waals surface area (Å²) in [5.41, 5.74) is 1.17. The number of carbonyl (C=O) groups excluding carboxylic acids is 2. The number of thioether (sulfide) groups is 1. The van der Waals surface area contributed by atoms with Gasteiger partial charge in [-0.3, -0.25) is 19.5 Å². The second-order valence-electron chi connectivity index (χ2n) is 5.68. The van der Waals surface area contributed by atoms with Gasteiger partial charge in [0.25, 0.3) is 5.91 Å². The zero-order chi connectivity index (χ0) is 18.8. The fourth-order valence-electron chi connectivity index (χ4n) is 2.67. The Kier molecular flexibility index (Phi) is 4.91. The number of fused-ring (bicyclic) bond motifs is 1. The van der Waals surface area contributed by atoms with Crippen molar-refractivity contribution in [1.29, 1.82) is 0 Å². The first-order valence-electron chi connectivity index (χ1n) is 8.06. The highest BCUT2D eigenvalue weighted by Gasteiger charge is 2.29. The molecule has 7 nitrogen and oxygen atoms in total. The minimum absolute atomic E-state index is 0.0390. The summed E-state index contributed by atoms with van der Waals surface area (Å²) in [6.45, 7) is 0.214. The minimum atomic E-state index is -0.222. The van der Waals surface area contributed by atoms with E-state index in [1.165, 1.54) is 16.7 Å². The van der Waals surface area contributed by atoms with Gasteiger partial charge in [0.1, 0.15) is 6.54 Å². The highest BCUT2D eigenvalue weighted by atomic mass is 35.5. The number of carbonyl (C=O) groups is 2. The molecule has 0 aromatic heterocycles. The summed E-state index contributed by atoms with van der Waals surface area (Å²) in [5.74, 6) is 0.941. The van der Waals surface area contributed by atoms with Gasteiger partial charge < -0.3 is 14.8 Å². The Hall–Kier alpha value is -2.71. The number of ether oxygens (including phenoxy) is 2. The van der Waals surface area contributed by atoms with Gasteiger partial charge in [-0.05, 0) is 24.3 Å². The molecule has 0 saturated carbocycles. The van der Waals surface area contributed by atoms with Crippen LogP contribution in [0.3, 0.4) is 0 Å². The van der Waals surface area contributed by atoms with E-state index in [1.54, 1.807) is 42.5 Å². The van der Waals surface area contributed by atoms with Crippen molar-refractivity contribution in [3.8, 4) is 11.5 Å². The first-order chi connectivity index (χ1) is 13.1. The molecule has 2 heterocycles. The van der Waals surface area contributed by atoms with Gasteiger partial charge >= 0.3 is 0 Å². The molecule has 2 aliphatic heterocycles. The molecule has 0 radical (unpaired) electrons. The van der Waals surface area contributed by atoms with Crippen LogP contribution in [0.5, 0.6) is 11.5 Å². The van der Waals surface area contributed by atoms with E-state index in [2.05, 4.69) is 10.3 Å². The lowest BCUT2D eigenvalue weighted by molar-refractivity contribution is -0.116. The fraction of sp³-hybridized carbons (Fsp3) is 0.167. The molecule has 2 amide bonds. The molecule has 1 N–H and O–H groups in total. The minimum Gasteiger partial charge on any atom is -0.454 e. The van der Waals surface area contributed by atoms with Crippen molar-refractivity contribution in [3.63, 3.8) is 0 Å². The van der Waals surface area contributed by atoms with E-state index in [9.17, 15) is 9.59 Å². The van der Waals surface area contributed by atoms with Crippen molar-refractivity contribution in [2.45, 2.75) is 0 Å². The number of hydrogen-bond donors (Lipinski definition) is 1. The van der Waals surface area contributed by atoms with Crippen LogP contribution in [0.4, 0.5) is 11.4 Å². The molecule has 0 atom stereocenters. The number of nitrogens with one attached hydrogen (secondary N) is 1. The third kappa shape index (κ3) is 3.72. The zero-order valence-electron chi connectivity index (χ0n) is 14.0. The van der Waals surface area contributed by atoms with Gasteiger partial charge in [-0.25, -0.2) is 0 Å². The largest absolute Gasteiger partial charge is 0.454 e. The van der Waals surface area contributed by atoms with E-state index < -0.39 is 0 Å². The van der Waals surface area contributed by atoms with Crippen LogP contribution >= 0.6 is 23.4 Å². The van der Waals surface area contributed by atoms with E-state index in [4.69, 9.17) is 21.1 Å². The van der Waals surface area contributed by atoms with Crippen LogP contribution in [0.2, 0.25) is 5.02 Å². The number of nitrogens with zero attached hydrogens (tertiary/aromatic N) is 2. The third-order valence-electron chi connectivity index (χ3n) is 3.87. The Morgan fingerprint density at radius 3 is 2.89 bits per heavy atom. The average Bonchev–Trinajstić information content (AvgIpc) is 3.26. The lowest BCUT2D eigenvalue weighted by Gasteiger charge is -2.19. The molecule has 0 aliphatic carbocycles. The maximum absolute atomic E-state index is 12.3. The summed E-state index contributed by atoms with van der Waals surface area (Å²) in [6, 6.07) is 12.2. The Balaban J connectivity index is 1.39. The molecule has 0 fully saturated rings. The Morgan fingerprint density at radius 1 is 1.22 bits per heavy atom. The standard InChI is InChI=1S/C18H14ClN3O4S/c19-12-3-1-2-4-13(12)22-17(24)8-20-18(22)27-9-16(23)21-11-5-6-14-15(7-11)26-10-25-14/h1-7H,8-10H2,(H,21,23). The lowest BCUT2D eigenvalue weighted by atomic mass is 10.3. The van der Waals surface area contributed by atoms with E-state index >= 15 is 0 Å². The van der Waals surface area contributed by atoms with Crippen molar-refractivity contribution in [2.75, 3.05) is 29.3 Å². The number of amides is 2. The van der Waals surface area contributed by atoms with Crippen LogP contribution in [-0.4, -0.2) is 36.1 Å². The number of amidine groups is 1. The number of rotatable bonds is 4. The van der Waals surface area contributed by atoms with Gasteiger partial charge in [0, 0.05) is 11.8 Å². The Labute approximate surface area is 164 Å². The quantitative estimate of drug-likeness (QED) is 0.848. The van der Waals surface area contributed by atoms with Crippen LogP contribution < -0.4 is 19.7 Å². The van der Waals surface area contributed by atoms with Crippen LogP contribution in [0.25, 0.3) is 0 Å². The topological polar surface area (TPSA) is 80.2 Å². The van der Waals surface area contributed by atoms with Gasteiger partial charge in [0.2, 0.25) is 12.7 Å². The van der Waals surface area contributed by atoms with E-state index in [-0.39, 0.29) is 30.9 Å². The van der Waals surface area contributed by atoms with Gasteiger partial charge in [-0.1, -0.05) is 35.5 Å². The third-order valence-corrected chi connectivity index (χ3v) is 5.17. The number of anilines is 2. The monoisotopic (exact) mass is 403 g/mol. The molecule has 0 unspecified atom stereocenters. The molecule has 138 valence electrons. The fourth-order valence-corrected chi connectivity index (χ4v) is 3.70. The lowest BCUT2D eigenvalue weighted by Crippen LogP contribution is -2.31. The first-order valence-corrected chi connectivity index (χ1v) is 9.42. The molecular weight excluding hydrogens is 390 g/mol. The normalized spacial score (nSPS) is 15.1. The summed E-state index contributed by atoms with van der Waals surface area (Å²) < 4.78 is 10.5. The van der Waals surface area contributed by atoms with Crippen molar-refractivity contribution >= 4 is 51.7 Å². The van der Waals surface area contributed by atoms with Gasteiger partial charge in [-0.15, -0.1) is 0 Å². The predicted molar refractivity (Wildman–Crippen MR) is 105 cm³/mol. The molecule has 9 heteroatoms. The molecule has 4 rings (SSSR count). The highest BCUT2D eigenvalue weighted by Crippen LogP contribution is 2.34. The van der Waals surface area contributed by atoms with Gasteiger partial charge in [0.05, 0.1) is 16.5 Å². The van der Waals surface area contributed by atoms with Crippen molar-refractivity contribution in [2.24, 2.45) is 4.99 Å². The summed E-state index contributed by atoms with van der Waals surface area (Å²) in [4.78, 5) is 30.1. The van der Waals surface area contributed by atoms with Crippen molar-refractivity contribution in [3.05, 3.63) is 47.5 Å². The molecule has 2 aromatic rings. The van der Waals surface area contributed by atoms with Gasteiger partial charge in [-0.2, -0.15) is 0 Å². The number of benzene rings is 2. The number of halogens is 1. The first kappa shape index (κ1) is 17.7.